The maximum absolute atomic E-state index is 5.43. The van der Waals surface area contributed by atoms with Crippen LogP contribution in [0.5, 0.6) is 0 Å². The van der Waals surface area contributed by atoms with Crippen molar-refractivity contribution in [2.75, 3.05) is 0 Å². The maximum Gasteiger partial charge on any atom is 0.0599 e. The second kappa shape index (κ2) is 5.08. The van der Waals surface area contributed by atoms with Crippen molar-refractivity contribution >= 4 is 14.3 Å². The first-order valence-corrected chi connectivity index (χ1v) is 5.68. The van der Waals surface area contributed by atoms with Gasteiger partial charge in [0.05, 0.1) is 5.92 Å². The predicted molar refractivity (Wildman–Crippen MR) is 64.2 cm³/mol. The fraction of sp³-hybridized carbons (Fsp3) is 0.154. The highest BCUT2D eigenvalue weighted by Gasteiger charge is 2.13. The second-order valence-electron chi connectivity index (χ2n) is 2.82. The van der Waals surface area contributed by atoms with E-state index in [0.29, 0.717) is 0 Å². The van der Waals surface area contributed by atoms with Crippen molar-refractivity contribution in [2.24, 2.45) is 5.92 Å². The highest BCUT2D eigenvalue weighted by Crippen LogP contribution is 2.13. The van der Waals surface area contributed by atoms with Crippen LogP contribution in [-0.2, 0) is 0 Å². The summed E-state index contributed by atoms with van der Waals surface area (Å²) in [6.45, 7) is 0. The minimum atomic E-state index is 0.0282. The van der Waals surface area contributed by atoms with Gasteiger partial charge >= 0.3 is 0 Å². The lowest BCUT2D eigenvalue weighted by molar-refractivity contribution is 1.20. The van der Waals surface area contributed by atoms with E-state index in [4.69, 9.17) is 19.3 Å². The van der Waals surface area contributed by atoms with E-state index in [9.17, 15) is 0 Å². The van der Waals surface area contributed by atoms with Crippen LogP contribution in [-0.4, -0.2) is 14.3 Å². The van der Waals surface area contributed by atoms with Crippen molar-refractivity contribution in [2.45, 2.75) is 6.04 Å². The fourth-order valence-corrected chi connectivity index (χ4v) is 2.51. The summed E-state index contributed by atoms with van der Waals surface area (Å²) in [5, 5.41) is 1.18. The van der Waals surface area contributed by atoms with Crippen LogP contribution < -0.4 is 0 Å². The van der Waals surface area contributed by atoms with Gasteiger partial charge in [0.15, 0.2) is 0 Å². The number of terminal acetylenes is 3. The first-order valence-electron chi connectivity index (χ1n) is 4.28. The Hall–Kier alpha value is -1.75. The average molecular weight is 194 g/mol. The highest BCUT2D eigenvalue weighted by molar-refractivity contribution is 6.60. The summed E-state index contributed by atoms with van der Waals surface area (Å²) in [5.41, 5.74) is 0.917. The summed E-state index contributed by atoms with van der Waals surface area (Å²) in [7, 11) is 0.0282. The Labute approximate surface area is 87.5 Å². The molecular weight excluding hydrogens is 184 g/mol. The minimum Gasteiger partial charge on any atom is -0.120 e. The number of allylic oxidation sites excluding steroid dienone is 4. The Bertz CT molecular complexity index is 427. The van der Waals surface area contributed by atoms with Gasteiger partial charge in [-0.15, -0.1) is 25.2 Å². The summed E-state index contributed by atoms with van der Waals surface area (Å²) in [6.07, 6.45) is 21.9. The monoisotopic (exact) mass is 194 g/mol. The lowest BCUT2D eigenvalue weighted by atomic mass is 9.95. The Morgan fingerprint density at radius 1 is 1.36 bits per heavy atom. The molecule has 0 N–H and O–H groups in total. The highest BCUT2D eigenvalue weighted by atomic mass is 28.2. The molecule has 0 saturated heterocycles. The molecule has 0 aromatic carbocycles. The molecule has 0 radical (unpaired) electrons. The van der Waals surface area contributed by atoms with Gasteiger partial charge in [-0.3, -0.25) is 0 Å². The summed E-state index contributed by atoms with van der Waals surface area (Å²) >= 11 is 0. The van der Waals surface area contributed by atoms with Gasteiger partial charge in [-0.05, 0) is 11.2 Å². The Morgan fingerprint density at radius 3 is 2.71 bits per heavy atom. The van der Waals surface area contributed by atoms with Gasteiger partial charge in [-0.25, -0.2) is 0 Å². The maximum atomic E-state index is 5.43. The molecule has 1 heteroatoms. The number of hydrogen-bond acceptors (Lipinski definition) is 0. The zero-order chi connectivity index (χ0) is 10.4. The van der Waals surface area contributed by atoms with Crippen LogP contribution in [0, 0.1) is 42.9 Å². The predicted octanol–water partition coefficient (Wildman–Crippen LogP) is 1.03. The Morgan fingerprint density at radius 2 is 2.14 bits per heavy atom. The second-order valence-corrected chi connectivity index (χ2v) is 4.26. The molecule has 0 spiro atoms. The molecule has 0 aliphatic heterocycles. The van der Waals surface area contributed by atoms with Crippen LogP contribution in [0.25, 0.3) is 0 Å². The van der Waals surface area contributed by atoms with E-state index in [2.05, 4.69) is 17.8 Å². The van der Waals surface area contributed by atoms with E-state index >= 15 is 0 Å². The molecule has 14 heavy (non-hydrogen) atoms. The lowest BCUT2D eigenvalue weighted by Gasteiger charge is -2.14. The molecule has 1 unspecified atom stereocenters. The number of rotatable bonds is 1. The largest absolute Gasteiger partial charge is 0.120 e. The van der Waals surface area contributed by atoms with Gasteiger partial charge in [0.1, 0.15) is 0 Å². The van der Waals surface area contributed by atoms with E-state index in [-0.39, 0.29) is 15.0 Å². The minimum absolute atomic E-state index is 0.0282. The van der Waals surface area contributed by atoms with Crippen molar-refractivity contribution in [1.82, 2.24) is 0 Å². The third-order valence-corrected chi connectivity index (χ3v) is 3.54. The van der Waals surface area contributed by atoms with E-state index in [1.807, 2.05) is 18.2 Å². The van der Waals surface area contributed by atoms with Crippen molar-refractivity contribution < 1.29 is 0 Å². The summed E-state index contributed by atoms with van der Waals surface area (Å²) in [5.74, 6) is 8.06. The lowest BCUT2D eigenvalue weighted by Crippen LogP contribution is -2.18. The molecule has 1 atom stereocenters. The molecule has 0 bridgehead atoms. The molecule has 1 aliphatic rings. The standard InChI is InChI=1S/C13H10Si/c1-4-10-14-13-11(5-2)8-7-9-12(13)6-3/h1-3,7-9,11,14H,10H2. The third kappa shape index (κ3) is 2.14. The summed E-state index contributed by atoms with van der Waals surface area (Å²) < 4.78 is 0. The molecule has 0 fully saturated rings. The van der Waals surface area contributed by atoms with E-state index in [0.717, 1.165) is 11.6 Å². The third-order valence-electron chi connectivity index (χ3n) is 1.99. The molecule has 0 nitrogen and oxygen atoms in total. The van der Waals surface area contributed by atoms with Crippen molar-refractivity contribution in [3.63, 3.8) is 0 Å². The smallest absolute Gasteiger partial charge is 0.0599 e. The average Bonchev–Trinajstić information content (AvgIpc) is 2.25. The molecule has 1 aliphatic carbocycles. The molecule has 0 aromatic heterocycles. The normalized spacial score (nSPS) is 21.9. The van der Waals surface area contributed by atoms with Gasteiger partial charge in [0.2, 0.25) is 0 Å². The van der Waals surface area contributed by atoms with E-state index < -0.39 is 0 Å². The molecule has 0 aromatic rings. The SMILES string of the molecule is C#CC[SiH]=C1C(C#C)=CC=CC1C#C. The van der Waals surface area contributed by atoms with Crippen LogP contribution >= 0.6 is 0 Å². The molecule has 0 amide bonds. The van der Waals surface area contributed by atoms with Crippen molar-refractivity contribution in [3.8, 4) is 37.0 Å². The Balaban J connectivity index is 3.05. The van der Waals surface area contributed by atoms with Gasteiger partial charge in [0, 0.05) is 20.7 Å². The first kappa shape index (κ1) is 10.3. The zero-order valence-corrected chi connectivity index (χ0v) is 8.98. The van der Waals surface area contributed by atoms with Crippen LogP contribution in [0.3, 0.4) is 0 Å². The van der Waals surface area contributed by atoms with Gasteiger partial charge in [-0.1, -0.05) is 24.0 Å². The van der Waals surface area contributed by atoms with Crippen LogP contribution in [0.2, 0.25) is 6.04 Å². The van der Waals surface area contributed by atoms with Crippen LogP contribution in [0.1, 0.15) is 0 Å². The van der Waals surface area contributed by atoms with Crippen LogP contribution in [0.4, 0.5) is 0 Å². The topological polar surface area (TPSA) is 0 Å². The van der Waals surface area contributed by atoms with E-state index in [1.54, 1.807) is 0 Å². The number of hydrogen-bond donors (Lipinski definition) is 0. The van der Waals surface area contributed by atoms with Gasteiger partial charge in [-0.2, -0.15) is 0 Å². The molecule has 1 rings (SSSR count). The quantitative estimate of drug-likeness (QED) is 0.432. The van der Waals surface area contributed by atoms with Crippen molar-refractivity contribution in [3.05, 3.63) is 23.8 Å². The summed E-state index contributed by atoms with van der Waals surface area (Å²) in [6, 6.07) is 0.764. The summed E-state index contributed by atoms with van der Waals surface area (Å²) in [4.78, 5) is 0. The van der Waals surface area contributed by atoms with Crippen LogP contribution in [0.15, 0.2) is 23.8 Å². The van der Waals surface area contributed by atoms with Gasteiger partial charge in [0.25, 0.3) is 0 Å². The Kier molecular flexibility index (Phi) is 3.75. The molecule has 66 valence electrons. The molecular formula is C13H10Si. The first-order chi connectivity index (χ1) is 6.83. The molecule has 0 saturated carbocycles. The molecule has 0 heterocycles. The zero-order valence-electron chi connectivity index (χ0n) is 7.83. The fourth-order valence-electron chi connectivity index (χ4n) is 1.31. The van der Waals surface area contributed by atoms with Crippen molar-refractivity contribution in [1.29, 1.82) is 0 Å². The van der Waals surface area contributed by atoms with Gasteiger partial charge < -0.3 is 0 Å². The van der Waals surface area contributed by atoms with E-state index in [1.165, 1.54) is 5.17 Å².